The minimum absolute atomic E-state index is 0.165. The van der Waals surface area contributed by atoms with Crippen molar-refractivity contribution >= 4 is 22.5 Å². The van der Waals surface area contributed by atoms with Crippen LogP contribution in [0.25, 0.3) is 10.8 Å². The van der Waals surface area contributed by atoms with E-state index in [4.69, 9.17) is 9.47 Å². The van der Waals surface area contributed by atoms with Crippen molar-refractivity contribution in [2.75, 3.05) is 25.4 Å². The van der Waals surface area contributed by atoms with E-state index < -0.39 is 0 Å². The lowest BCUT2D eigenvalue weighted by molar-refractivity contribution is 0.0106. The highest BCUT2D eigenvalue weighted by atomic mass is 32.2. The van der Waals surface area contributed by atoms with Gasteiger partial charge in [0.2, 0.25) is 0 Å². The zero-order chi connectivity index (χ0) is 24.4. The summed E-state index contributed by atoms with van der Waals surface area (Å²) in [4.78, 5) is 0. The van der Waals surface area contributed by atoms with Gasteiger partial charge in [-0.3, -0.25) is 0 Å². The number of benzene rings is 4. The van der Waals surface area contributed by atoms with Crippen LogP contribution in [-0.4, -0.2) is 31.6 Å². The van der Waals surface area contributed by atoms with Gasteiger partial charge in [0.25, 0.3) is 0 Å². The van der Waals surface area contributed by atoms with Gasteiger partial charge < -0.3 is 14.8 Å². The summed E-state index contributed by atoms with van der Waals surface area (Å²) >= 11 is 1.97. The molecule has 1 fully saturated rings. The quantitative estimate of drug-likeness (QED) is 0.222. The number of rotatable bonds is 11. The van der Waals surface area contributed by atoms with E-state index in [9.17, 15) is 0 Å². The molecular formula is C32H35NO2S. The summed E-state index contributed by atoms with van der Waals surface area (Å²) in [5.74, 6) is 3.53. The van der Waals surface area contributed by atoms with Crippen LogP contribution in [-0.2, 0) is 17.1 Å². The average Bonchev–Trinajstić information content (AvgIpc) is 2.95. The predicted molar refractivity (Wildman–Crippen MR) is 152 cm³/mol. The molecule has 0 radical (unpaired) electrons. The van der Waals surface area contributed by atoms with E-state index in [1.54, 1.807) is 0 Å². The SMILES string of the molecule is c1ccc(CSCCCOc2ccc(C3CCNCC3OCc3ccc4ccccc4c3)cc2)cc1. The molecule has 0 saturated carbocycles. The highest BCUT2D eigenvalue weighted by Crippen LogP contribution is 2.30. The van der Waals surface area contributed by atoms with Crippen LogP contribution in [0.1, 0.15) is 35.4 Å². The first-order valence-electron chi connectivity index (χ1n) is 13.0. The van der Waals surface area contributed by atoms with Crippen molar-refractivity contribution in [1.82, 2.24) is 5.32 Å². The molecule has 0 aliphatic carbocycles. The third-order valence-corrected chi connectivity index (χ3v) is 7.94. The molecule has 186 valence electrons. The Kier molecular flexibility index (Phi) is 8.96. The molecule has 2 atom stereocenters. The normalized spacial score (nSPS) is 17.8. The molecule has 1 aliphatic rings. The Morgan fingerprint density at radius 1 is 0.806 bits per heavy atom. The summed E-state index contributed by atoms with van der Waals surface area (Å²) in [6.07, 6.45) is 2.30. The monoisotopic (exact) mass is 497 g/mol. The predicted octanol–water partition coefficient (Wildman–Crippen LogP) is 7.20. The minimum Gasteiger partial charge on any atom is -0.494 e. The van der Waals surface area contributed by atoms with Crippen LogP contribution in [0, 0.1) is 0 Å². The molecule has 3 nitrogen and oxygen atoms in total. The Balaban J connectivity index is 1.09. The van der Waals surface area contributed by atoms with Crippen molar-refractivity contribution in [2.24, 2.45) is 0 Å². The van der Waals surface area contributed by atoms with Gasteiger partial charge in [-0.25, -0.2) is 0 Å². The summed E-state index contributed by atoms with van der Waals surface area (Å²) in [5.41, 5.74) is 3.95. The van der Waals surface area contributed by atoms with Crippen molar-refractivity contribution < 1.29 is 9.47 Å². The van der Waals surface area contributed by atoms with Gasteiger partial charge in [0, 0.05) is 18.2 Å². The fourth-order valence-electron chi connectivity index (χ4n) is 4.84. The van der Waals surface area contributed by atoms with Gasteiger partial charge in [0.05, 0.1) is 19.3 Å². The minimum atomic E-state index is 0.165. The summed E-state index contributed by atoms with van der Waals surface area (Å²) in [5, 5.41) is 6.05. The Morgan fingerprint density at radius 3 is 2.47 bits per heavy atom. The summed E-state index contributed by atoms with van der Waals surface area (Å²) in [6.45, 7) is 3.31. The molecule has 1 saturated heterocycles. The van der Waals surface area contributed by atoms with Crippen LogP contribution in [0.2, 0.25) is 0 Å². The second-order valence-corrected chi connectivity index (χ2v) is 10.5. The number of nitrogens with one attached hydrogen (secondary N) is 1. The zero-order valence-corrected chi connectivity index (χ0v) is 21.6. The molecule has 1 N–H and O–H groups in total. The Bertz CT molecular complexity index is 1210. The first-order valence-corrected chi connectivity index (χ1v) is 14.1. The first kappa shape index (κ1) is 24.9. The van der Waals surface area contributed by atoms with E-state index in [1.165, 1.54) is 27.5 Å². The van der Waals surface area contributed by atoms with E-state index in [1.807, 2.05) is 11.8 Å². The Labute approximate surface area is 219 Å². The Morgan fingerprint density at radius 2 is 1.61 bits per heavy atom. The van der Waals surface area contributed by atoms with Gasteiger partial charge >= 0.3 is 0 Å². The molecule has 36 heavy (non-hydrogen) atoms. The van der Waals surface area contributed by atoms with Gasteiger partial charge in [-0.2, -0.15) is 11.8 Å². The molecule has 4 aromatic carbocycles. The number of hydrogen-bond acceptors (Lipinski definition) is 4. The van der Waals surface area contributed by atoms with Gasteiger partial charge in [-0.05, 0) is 70.8 Å². The molecule has 0 spiro atoms. The second-order valence-electron chi connectivity index (χ2n) is 9.44. The maximum atomic E-state index is 6.45. The number of hydrogen-bond donors (Lipinski definition) is 1. The summed E-state index contributed by atoms with van der Waals surface area (Å²) in [7, 11) is 0. The molecule has 0 bridgehead atoms. The van der Waals surface area contributed by atoms with Crippen molar-refractivity contribution in [3.63, 3.8) is 0 Å². The second kappa shape index (κ2) is 13.0. The van der Waals surface area contributed by atoms with Gasteiger partial charge in [0.15, 0.2) is 0 Å². The highest BCUT2D eigenvalue weighted by molar-refractivity contribution is 7.98. The van der Waals surface area contributed by atoms with Gasteiger partial charge in [0.1, 0.15) is 5.75 Å². The van der Waals surface area contributed by atoms with Gasteiger partial charge in [-0.1, -0.05) is 78.9 Å². The summed E-state index contributed by atoms with van der Waals surface area (Å²) in [6, 6.07) is 34.4. The van der Waals surface area contributed by atoms with Crippen molar-refractivity contribution in [3.05, 3.63) is 114 Å². The molecule has 4 heteroatoms. The molecule has 2 unspecified atom stereocenters. The molecule has 0 amide bonds. The van der Waals surface area contributed by atoms with Gasteiger partial charge in [-0.15, -0.1) is 0 Å². The van der Waals surface area contributed by atoms with Crippen LogP contribution in [0.15, 0.2) is 97.1 Å². The smallest absolute Gasteiger partial charge is 0.119 e. The lowest BCUT2D eigenvalue weighted by atomic mass is 9.87. The average molecular weight is 498 g/mol. The molecule has 5 rings (SSSR count). The van der Waals surface area contributed by atoms with E-state index in [0.717, 1.165) is 49.8 Å². The molecule has 1 heterocycles. The molecule has 1 aliphatic heterocycles. The fourth-order valence-corrected chi connectivity index (χ4v) is 5.74. The van der Waals surface area contributed by atoms with Crippen molar-refractivity contribution in [1.29, 1.82) is 0 Å². The maximum absolute atomic E-state index is 6.45. The van der Waals surface area contributed by atoms with E-state index in [-0.39, 0.29) is 6.10 Å². The Hall–Kier alpha value is -2.79. The lowest BCUT2D eigenvalue weighted by Gasteiger charge is -2.32. The third kappa shape index (κ3) is 6.91. The van der Waals surface area contributed by atoms with Crippen LogP contribution in [0.3, 0.4) is 0 Å². The number of piperidine rings is 1. The largest absolute Gasteiger partial charge is 0.494 e. The van der Waals surface area contributed by atoms with E-state index in [2.05, 4.69) is 102 Å². The van der Waals surface area contributed by atoms with E-state index in [0.29, 0.717) is 12.5 Å². The number of ether oxygens (including phenoxy) is 2. The van der Waals surface area contributed by atoms with Crippen LogP contribution in [0.5, 0.6) is 5.75 Å². The molecular weight excluding hydrogens is 462 g/mol. The van der Waals surface area contributed by atoms with Crippen LogP contribution < -0.4 is 10.1 Å². The number of fused-ring (bicyclic) bond motifs is 1. The standard InChI is InChI=1S/C32H35NO2S/c1-2-7-25(8-3-1)24-36-20-6-19-34-30-15-13-28(14-16-30)31-17-18-33-22-32(31)35-23-26-11-12-27-9-4-5-10-29(27)21-26/h1-5,7-16,21,31-33H,6,17-20,22-24H2. The molecule has 4 aromatic rings. The highest BCUT2D eigenvalue weighted by Gasteiger charge is 2.27. The van der Waals surface area contributed by atoms with E-state index >= 15 is 0 Å². The maximum Gasteiger partial charge on any atom is 0.119 e. The number of thioether (sulfide) groups is 1. The van der Waals surface area contributed by atoms with Crippen LogP contribution >= 0.6 is 11.8 Å². The van der Waals surface area contributed by atoms with Crippen LogP contribution in [0.4, 0.5) is 0 Å². The summed E-state index contributed by atoms with van der Waals surface area (Å²) < 4.78 is 12.5. The fraction of sp³-hybridized carbons (Fsp3) is 0.312. The topological polar surface area (TPSA) is 30.5 Å². The third-order valence-electron chi connectivity index (χ3n) is 6.83. The zero-order valence-electron chi connectivity index (χ0n) is 20.8. The molecule has 0 aromatic heterocycles. The first-order chi connectivity index (χ1) is 17.8. The van der Waals surface area contributed by atoms with Crippen molar-refractivity contribution in [3.8, 4) is 5.75 Å². The van der Waals surface area contributed by atoms with Crippen molar-refractivity contribution in [2.45, 2.75) is 37.2 Å². The lowest BCUT2D eigenvalue weighted by Crippen LogP contribution is -2.40.